The average molecular weight is 274 g/mol. The minimum Gasteiger partial charge on any atom is -0.493 e. The number of nitrogens with zero attached hydrogens (tertiary/aromatic N) is 2. The third-order valence-corrected chi connectivity index (χ3v) is 4.84. The first-order valence-electron chi connectivity index (χ1n) is 8.11. The molecule has 3 heteroatoms. The number of aromatic nitrogens is 1. The van der Waals surface area contributed by atoms with Crippen molar-refractivity contribution in [3.63, 3.8) is 0 Å². The molecule has 1 aromatic rings. The normalized spacial score (nSPS) is 22.2. The van der Waals surface area contributed by atoms with Crippen molar-refractivity contribution in [1.29, 1.82) is 0 Å². The van der Waals surface area contributed by atoms with Gasteiger partial charge in [0, 0.05) is 24.0 Å². The van der Waals surface area contributed by atoms with E-state index in [4.69, 9.17) is 4.74 Å². The molecule has 0 spiro atoms. The number of hydrogen-bond acceptors (Lipinski definition) is 3. The molecular formula is C17H26N2O. The number of aryl methyl sites for hydroxylation is 1. The molecule has 2 heterocycles. The van der Waals surface area contributed by atoms with Gasteiger partial charge in [0.05, 0.1) is 6.61 Å². The van der Waals surface area contributed by atoms with Crippen LogP contribution in [0.3, 0.4) is 0 Å². The van der Waals surface area contributed by atoms with Crippen molar-refractivity contribution in [3.05, 3.63) is 24.0 Å². The Hall–Kier alpha value is -1.09. The number of pyridine rings is 1. The van der Waals surface area contributed by atoms with Crippen LogP contribution in [0.25, 0.3) is 0 Å². The Morgan fingerprint density at radius 2 is 1.95 bits per heavy atom. The molecule has 0 bridgehead atoms. The van der Waals surface area contributed by atoms with Crippen LogP contribution in [-0.2, 0) is 0 Å². The summed E-state index contributed by atoms with van der Waals surface area (Å²) in [7, 11) is 0. The predicted octanol–water partition coefficient (Wildman–Crippen LogP) is 3.42. The molecule has 2 fully saturated rings. The second-order valence-electron chi connectivity index (χ2n) is 6.36. The molecule has 0 unspecified atom stereocenters. The van der Waals surface area contributed by atoms with E-state index in [1.807, 2.05) is 25.3 Å². The smallest absolute Gasteiger partial charge is 0.122 e. The largest absolute Gasteiger partial charge is 0.493 e. The molecule has 2 aliphatic rings. The number of rotatable bonds is 4. The quantitative estimate of drug-likeness (QED) is 0.841. The lowest BCUT2D eigenvalue weighted by atomic mass is 9.96. The van der Waals surface area contributed by atoms with Crippen LogP contribution in [-0.4, -0.2) is 35.6 Å². The highest BCUT2D eigenvalue weighted by Crippen LogP contribution is 2.28. The summed E-state index contributed by atoms with van der Waals surface area (Å²) in [4.78, 5) is 6.92. The molecule has 3 rings (SSSR count). The summed E-state index contributed by atoms with van der Waals surface area (Å²) in [6, 6.07) is 4.87. The van der Waals surface area contributed by atoms with E-state index in [1.165, 1.54) is 51.6 Å². The molecule has 0 radical (unpaired) electrons. The fraction of sp³-hybridized carbons (Fsp3) is 0.706. The lowest BCUT2D eigenvalue weighted by molar-refractivity contribution is 0.108. The van der Waals surface area contributed by atoms with Crippen molar-refractivity contribution in [3.8, 4) is 5.75 Å². The van der Waals surface area contributed by atoms with Crippen LogP contribution in [0, 0.1) is 12.8 Å². The first-order chi connectivity index (χ1) is 9.81. The third-order valence-electron chi connectivity index (χ3n) is 4.84. The minimum atomic E-state index is 0.723. The van der Waals surface area contributed by atoms with E-state index in [1.54, 1.807) is 0 Å². The summed E-state index contributed by atoms with van der Waals surface area (Å²) in [5.74, 6) is 1.69. The van der Waals surface area contributed by atoms with Crippen molar-refractivity contribution in [1.82, 2.24) is 9.88 Å². The van der Waals surface area contributed by atoms with Gasteiger partial charge in [-0.2, -0.15) is 0 Å². The first kappa shape index (κ1) is 13.9. The van der Waals surface area contributed by atoms with Gasteiger partial charge in [-0.25, -0.2) is 0 Å². The van der Waals surface area contributed by atoms with Crippen LogP contribution in [0.1, 0.15) is 44.2 Å². The van der Waals surface area contributed by atoms with Gasteiger partial charge in [0.15, 0.2) is 0 Å². The Morgan fingerprint density at radius 3 is 2.65 bits per heavy atom. The zero-order chi connectivity index (χ0) is 13.8. The Bertz CT molecular complexity index is 421. The maximum absolute atomic E-state index is 5.93. The molecule has 1 aromatic heterocycles. The van der Waals surface area contributed by atoms with Gasteiger partial charge in [0.2, 0.25) is 0 Å². The van der Waals surface area contributed by atoms with E-state index in [0.29, 0.717) is 0 Å². The van der Waals surface area contributed by atoms with Gasteiger partial charge in [-0.05, 0) is 57.7 Å². The summed E-state index contributed by atoms with van der Waals surface area (Å²) >= 11 is 0. The first-order valence-corrected chi connectivity index (χ1v) is 8.11. The SMILES string of the molecule is Cc1cc(OCC2CCN(C3CCCC3)CC2)ccn1. The van der Waals surface area contributed by atoms with Gasteiger partial charge in [0.1, 0.15) is 5.75 Å². The highest BCUT2D eigenvalue weighted by atomic mass is 16.5. The molecule has 1 saturated carbocycles. The van der Waals surface area contributed by atoms with Crippen molar-refractivity contribution in [2.45, 2.75) is 51.5 Å². The molecule has 110 valence electrons. The molecule has 0 aromatic carbocycles. The Kier molecular flexibility index (Phi) is 4.56. The van der Waals surface area contributed by atoms with E-state index in [2.05, 4.69) is 9.88 Å². The van der Waals surface area contributed by atoms with Gasteiger partial charge in [-0.3, -0.25) is 4.98 Å². The number of hydrogen-bond donors (Lipinski definition) is 0. The summed E-state index contributed by atoms with van der Waals surface area (Å²) in [5, 5.41) is 0. The topological polar surface area (TPSA) is 25.4 Å². The molecular weight excluding hydrogens is 248 g/mol. The molecule has 0 N–H and O–H groups in total. The summed E-state index contributed by atoms with van der Waals surface area (Å²) < 4.78 is 5.93. The molecule has 1 saturated heterocycles. The van der Waals surface area contributed by atoms with Crippen molar-refractivity contribution >= 4 is 0 Å². The summed E-state index contributed by atoms with van der Waals surface area (Å²) in [6.07, 6.45) is 10.1. The van der Waals surface area contributed by atoms with E-state index in [-0.39, 0.29) is 0 Å². The van der Waals surface area contributed by atoms with Crippen molar-refractivity contribution in [2.24, 2.45) is 5.92 Å². The van der Waals surface area contributed by atoms with E-state index in [0.717, 1.165) is 30.0 Å². The molecule has 0 atom stereocenters. The second kappa shape index (κ2) is 6.57. The Labute approximate surface area is 122 Å². The third kappa shape index (κ3) is 3.51. The summed E-state index contributed by atoms with van der Waals surface area (Å²) in [5.41, 5.74) is 1.03. The number of ether oxygens (including phenoxy) is 1. The van der Waals surface area contributed by atoms with E-state index in [9.17, 15) is 0 Å². The monoisotopic (exact) mass is 274 g/mol. The lowest BCUT2D eigenvalue weighted by Crippen LogP contribution is -2.41. The molecule has 0 amide bonds. The minimum absolute atomic E-state index is 0.723. The van der Waals surface area contributed by atoms with Crippen LogP contribution in [0.2, 0.25) is 0 Å². The zero-order valence-corrected chi connectivity index (χ0v) is 12.6. The van der Waals surface area contributed by atoms with Crippen LogP contribution in [0.5, 0.6) is 5.75 Å². The Balaban J connectivity index is 1.42. The zero-order valence-electron chi connectivity index (χ0n) is 12.6. The number of likely N-dealkylation sites (tertiary alicyclic amines) is 1. The standard InChI is InChI=1S/C17H26N2O/c1-14-12-17(6-9-18-14)20-13-15-7-10-19(11-8-15)16-4-2-3-5-16/h6,9,12,15-16H,2-5,7-8,10-11,13H2,1H3. The lowest BCUT2D eigenvalue weighted by Gasteiger charge is -2.35. The fourth-order valence-electron chi connectivity index (χ4n) is 3.58. The summed E-state index contributed by atoms with van der Waals surface area (Å²) in [6.45, 7) is 5.41. The molecule has 1 aliphatic carbocycles. The highest BCUT2D eigenvalue weighted by molar-refractivity contribution is 5.21. The highest BCUT2D eigenvalue weighted by Gasteiger charge is 2.27. The predicted molar refractivity (Wildman–Crippen MR) is 81.0 cm³/mol. The van der Waals surface area contributed by atoms with Crippen molar-refractivity contribution < 1.29 is 4.74 Å². The van der Waals surface area contributed by atoms with Gasteiger partial charge in [-0.1, -0.05) is 12.8 Å². The maximum Gasteiger partial charge on any atom is 0.122 e. The second-order valence-corrected chi connectivity index (χ2v) is 6.36. The van der Waals surface area contributed by atoms with E-state index >= 15 is 0 Å². The van der Waals surface area contributed by atoms with Crippen LogP contribution >= 0.6 is 0 Å². The van der Waals surface area contributed by atoms with Gasteiger partial charge in [-0.15, -0.1) is 0 Å². The van der Waals surface area contributed by atoms with Crippen LogP contribution in [0.4, 0.5) is 0 Å². The molecule has 1 aliphatic heterocycles. The van der Waals surface area contributed by atoms with Gasteiger partial charge in [0.25, 0.3) is 0 Å². The van der Waals surface area contributed by atoms with Gasteiger partial charge >= 0.3 is 0 Å². The fourth-order valence-corrected chi connectivity index (χ4v) is 3.58. The van der Waals surface area contributed by atoms with Crippen LogP contribution < -0.4 is 4.74 Å². The van der Waals surface area contributed by atoms with Crippen molar-refractivity contribution in [2.75, 3.05) is 19.7 Å². The van der Waals surface area contributed by atoms with Crippen LogP contribution in [0.15, 0.2) is 18.3 Å². The number of piperidine rings is 1. The van der Waals surface area contributed by atoms with E-state index < -0.39 is 0 Å². The molecule has 20 heavy (non-hydrogen) atoms. The average Bonchev–Trinajstić information content (AvgIpc) is 3.00. The molecule has 3 nitrogen and oxygen atoms in total. The maximum atomic E-state index is 5.93. The Morgan fingerprint density at radius 1 is 1.20 bits per heavy atom. The van der Waals surface area contributed by atoms with Gasteiger partial charge < -0.3 is 9.64 Å².